The number of carbonyl (C=O) groups is 3. The van der Waals surface area contributed by atoms with Crippen LogP contribution in [0.3, 0.4) is 0 Å². The maximum absolute atomic E-state index is 12.6. The number of amides is 3. The van der Waals surface area contributed by atoms with Gasteiger partial charge < -0.3 is 15.5 Å². The first-order valence-corrected chi connectivity index (χ1v) is 7.90. The van der Waals surface area contributed by atoms with Gasteiger partial charge in [0.25, 0.3) is 0 Å². The predicted octanol–water partition coefficient (Wildman–Crippen LogP) is 1.17. The minimum Gasteiger partial charge on any atom is -0.369 e. The monoisotopic (exact) mass is 335 g/mol. The molecule has 1 aliphatic heterocycles. The van der Waals surface area contributed by atoms with Crippen molar-refractivity contribution in [3.63, 3.8) is 0 Å². The van der Waals surface area contributed by atoms with E-state index in [2.05, 4.69) is 0 Å². The fourth-order valence-electron chi connectivity index (χ4n) is 2.98. The molecule has 23 heavy (non-hydrogen) atoms. The highest BCUT2D eigenvalue weighted by atomic mass is 35.5. The Morgan fingerprint density at radius 3 is 2.61 bits per heavy atom. The molecule has 0 unspecified atom stereocenters. The number of benzene rings is 1. The number of nitrogens with zero attached hydrogens (tertiary/aromatic N) is 2. The Morgan fingerprint density at radius 1 is 1.35 bits per heavy atom. The summed E-state index contributed by atoms with van der Waals surface area (Å²) < 4.78 is 0. The SMILES string of the molecule is C[C@@H]1CN(c2cccc(Cl)c2)C(=O)CN1C(=O)C1(C(N)=O)CC1. The Hall–Kier alpha value is -2.08. The lowest BCUT2D eigenvalue weighted by molar-refractivity contribution is -0.148. The number of primary amides is 1. The van der Waals surface area contributed by atoms with Gasteiger partial charge in [0.15, 0.2) is 0 Å². The van der Waals surface area contributed by atoms with E-state index in [1.165, 1.54) is 4.90 Å². The molecule has 1 aromatic carbocycles. The van der Waals surface area contributed by atoms with Crippen molar-refractivity contribution in [2.45, 2.75) is 25.8 Å². The molecule has 1 atom stereocenters. The van der Waals surface area contributed by atoms with Crippen LogP contribution in [0.2, 0.25) is 5.02 Å². The number of hydrogen-bond donors (Lipinski definition) is 1. The summed E-state index contributed by atoms with van der Waals surface area (Å²) in [6, 6.07) is 6.84. The molecule has 2 aliphatic rings. The third-order valence-corrected chi connectivity index (χ3v) is 4.83. The molecule has 1 heterocycles. The van der Waals surface area contributed by atoms with Crippen LogP contribution in [0.15, 0.2) is 24.3 Å². The summed E-state index contributed by atoms with van der Waals surface area (Å²) in [5.41, 5.74) is 4.97. The number of hydrogen-bond acceptors (Lipinski definition) is 3. The van der Waals surface area contributed by atoms with Gasteiger partial charge in [-0.05, 0) is 38.0 Å². The lowest BCUT2D eigenvalue weighted by atomic mass is 10.0. The number of rotatable bonds is 3. The van der Waals surface area contributed by atoms with Gasteiger partial charge in [0, 0.05) is 23.3 Å². The second-order valence-electron chi connectivity index (χ2n) is 6.21. The smallest absolute Gasteiger partial charge is 0.246 e. The summed E-state index contributed by atoms with van der Waals surface area (Å²) in [4.78, 5) is 39.7. The molecule has 6 nitrogen and oxygen atoms in total. The normalized spacial score (nSPS) is 22.9. The van der Waals surface area contributed by atoms with Crippen molar-refractivity contribution in [1.29, 1.82) is 0 Å². The minimum absolute atomic E-state index is 0.0540. The molecule has 1 saturated heterocycles. The molecule has 2 fully saturated rings. The van der Waals surface area contributed by atoms with Crippen LogP contribution in [0.4, 0.5) is 5.69 Å². The fourth-order valence-corrected chi connectivity index (χ4v) is 3.17. The van der Waals surface area contributed by atoms with Crippen molar-refractivity contribution in [2.24, 2.45) is 11.1 Å². The highest BCUT2D eigenvalue weighted by molar-refractivity contribution is 6.31. The molecular formula is C16H18ClN3O3. The van der Waals surface area contributed by atoms with Gasteiger partial charge in [-0.2, -0.15) is 0 Å². The zero-order valence-corrected chi connectivity index (χ0v) is 13.5. The zero-order chi connectivity index (χ0) is 16.8. The average molecular weight is 336 g/mol. The van der Waals surface area contributed by atoms with Crippen molar-refractivity contribution in [1.82, 2.24) is 4.90 Å². The first kappa shape index (κ1) is 15.8. The van der Waals surface area contributed by atoms with E-state index in [1.54, 1.807) is 29.2 Å². The predicted molar refractivity (Wildman–Crippen MR) is 85.8 cm³/mol. The van der Waals surface area contributed by atoms with Crippen LogP contribution in [0, 0.1) is 5.41 Å². The first-order valence-electron chi connectivity index (χ1n) is 7.52. The maximum Gasteiger partial charge on any atom is 0.246 e. The second kappa shape index (κ2) is 5.53. The van der Waals surface area contributed by atoms with Crippen molar-refractivity contribution in [3.8, 4) is 0 Å². The standard InChI is InChI=1S/C16H18ClN3O3/c1-10-8-20(12-4-2-3-11(17)7-12)13(21)9-19(10)15(23)16(5-6-16)14(18)22/h2-4,7,10H,5-6,8-9H2,1H3,(H2,18,22)/t10-/m1/s1. The molecule has 1 saturated carbocycles. The molecule has 1 aliphatic carbocycles. The van der Waals surface area contributed by atoms with Crippen molar-refractivity contribution >= 4 is 35.0 Å². The number of piperazine rings is 1. The molecule has 0 aromatic heterocycles. The van der Waals surface area contributed by atoms with Gasteiger partial charge >= 0.3 is 0 Å². The lowest BCUT2D eigenvalue weighted by Crippen LogP contribution is -2.59. The molecule has 2 N–H and O–H groups in total. The van der Waals surface area contributed by atoms with Crippen molar-refractivity contribution in [3.05, 3.63) is 29.3 Å². The van der Waals surface area contributed by atoms with E-state index in [9.17, 15) is 14.4 Å². The van der Waals surface area contributed by atoms with Gasteiger partial charge in [0.1, 0.15) is 12.0 Å². The topological polar surface area (TPSA) is 83.7 Å². The number of anilines is 1. The summed E-state index contributed by atoms with van der Waals surface area (Å²) >= 11 is 5.98. The Bertz CT molecular complexity index is 687. The van der Waals surface area contributed by atoms with Gasteiger partial charge in [-0.3, -0.25) is 14.4 Å². The molecular weight excluding hydrogens is 318 g/mol. The Morgan fingerprint density at radius 2 is 2.04 bits per heavy atom. The molecule has 0 radical (unpaired) electrons. The Balaban J connectivity index is 1.79. The number of halogens is 1. The maximum atomic E-state index is 12.6. The molecule has 7 heteroatoms. The van der Waals surface area contributed by atoms with E-state index < -0.39 is 11.3 Å². The van der Waals surface area contributed by atoms with Crippen LogP contribution in [0.25, 0.3) is 0 Å². The van der Waals surface area contributed by atoms with Crippen LogP contribution in [-0.2, 0) is 14.4 Å². The van der Waals surface area contributed by atoms with Crippen LogP contribution in [0.5, 0.6) is 0 Å². The van der Waals surface area contributed by atoms with Gasteiger partial charge in [-0.1, -0.05) is 17.7 Å². The average Bonchev–Trinajstić information content (AvgIpc) is 3.30. The molecule has 1 aromatic rings. The summed E-state index contributed by atoms with van der Waals surface area (Å²) in [6.45, 7) is 2.17. The largest absolute Gasteiger partial charge is 0.369 e. The lowest BCUT2D eigenvalue weighted by Gasteiger charge is -2.40. The zero-order valence-electron chi connectivity index (χ0n) is 12.8. The van der Waals surface area contributed by atoms with Gasteiger partial charge in [-0.15, -0.1) is 0 Å². The van der Waals surface area contributed by atoms with Gasteiger partial charge in [0.2, 0.25) is 17.7 Å². The van der Waals surface area contributed by atoms with E-state index >= 15 is 0 Å². The Kier molecular flexibility index (Phi) is 3.80. The van der Waals surface area contributed by atoms with E-state index in [0.717, 1.165) is 0 Å². The minimum atomic E-state index is -1.09. The van der Waals surface area contributed by atoms with Gasteiger partial charge in [0.05, 0.1) is 0 Å². The summed E-state index contributed by atoms with van der Waals surface area (Å²) in [7, 11) is 0. The van der Waals surface area contributed by atoms with Crippen molar-refractivity contribution < 1.29 is 14.4 Å². The Labute approximate surface area is 139 Å². The molecule has 0 bridgehead atoms. The highest BCUT2D eigenvalue weighted by Gasteiger charge is 2.58. The van der Waals surface area contributed by atoms with E-state index in [1.807, 2.05) is 6.92 Å². The molecule has 3 rings (SSSR count). The second-order valence-corrected chi connectivity index (χ2v) is 6.65. The first-order chi connectivity index (χ1) is 10.8. The summed E-state index contributed by atoms with van der Waals surface area (Å²) in [6.07, 6.45) is 0.938. The summed E-state index contributed by atoms with van der Waals surface area (Å²) in [5.74, 6) is -1.12. The van der Waals surface area contributed by atoms with E-state index in [4.69, 9.17) is 17.3 Å². The summed E-state index contributed by atoms with van der Waals surface area (Å²) in [5, 5.41) is 0.548. The molecule has 0 spiro atoms. The molecule has 3 amide bonds. The van der Waals surface area contributed by atoms with Crippen LogP contribution < -0.4 is 10.6 Å². The fraction of sp³-hybridized carbons (Fsp3) is 0.438. The van der Waals surface area contributed by atoms with Crippen molar-refractivity contribution in [2.75, 3.05) is 18.0 Å². The van der Waals surface area contributed by atoms with Crippen LogP contribution in [-0.4, -0.2) is 41.8 Å². The third kappa shape index (κ3) is 2.67. The third-order valence-electron chi connectivity index (χ3n) is 4.60. The molecule has 122 valence electrons. The number of nitrogens with two attached hydrogens (primary N) is 1. The van der Waals surface area contributed by atoms with E-state index in [0.29, 0.717) is 30.1 Å². The van der Waals surface area contributed by atoms with Gasteiger partial charge in [-0.25, -0.2) is 0 Å². The number of carbonyl (C=O) groups excluding carboxylic acids is 3. The van der Waals surface area contributed by atoms with Crippen LogP contribution in [0.1, 0.15) is 19.8 Å². The highest BCUT2D eigenvalue weighted by Crippen LogP contribution is 2.47. The van der Waals surface area contributed by atoms with E-state index in [-0.39, 0.29) is 24.4 Å². The quantitative estimate of drug-likeness (QED) is 0.841. The van der Waals surface area contributed by atoms with Crippen LogP contribution >= 0.6 is 11.6 Å².